The van der Waals surface area contributed by atoms with Crippen molar-refractivity contribution >= 4 is 5.82 Å². The van der Waals surface area contributed by atoms with Gasteiger partial charge < -0.3 is 15.0 Å². The van der Waals surface area contributed by atoms with Crippen LogP contribution in [0.25, 0.3) is 0 Å². The van der Waals surface area contributed by atoms with Crippen LogP contribution >= 0.6 is 0 Å². The van der Waals surface area contributed by atoms with Gasteiger partial charge in [0.2, 0.25) is 0 Å². The van der Waals surface area contributed by atoms with Crippen LogP contribution in [-0.4, -0.2) is 36.8 Å². The summed E-state index contributed by atoms with van der Waals surface area (Å²) in [7, 11) is 1.82. The van der Waals surface area contributed by atoms with Crippen molar-refractivity contribution in [2.45, 2.75) is 57.7 Å². The number of methoxy groups -OCH3 is 1. The predicted molar refractivity (Wildman–Crippen MR) is 85.7 cm³/mol. The zero-order valence-corrected chi connectivity index (χ0v) is 13.5. The van der Waals surface area contributed by atoms with Crippen LogP contribution in [0.5, 0.6) is 0 Å². The average Bonchev–Trinajstić information content (AvgIpc) is 3.29. The first-order valence-electron chi connectivity index (χ1n) is 8.09. The third-order valence-electron chi connectivity index (χ3n) is 4.65. The second-order valence-corrected chi connectivity index (χ2v) is 6.81. The molecule has 2 aliphatic rings. The number of hydrogen-bond acceptors (Lipinski definition) is 4. The van der Waals surface area contributed by atoms with Crippen molar-refractivity contribution in [1.82, 2.24) is 10.3 Å². The summed E-state index contributed by atoms with van der Waals surface area (Å²) in [5.41, 5.74) is 2.40. The minimum absolute atomic E-state index is 0.0455. The maximum atomic E-state index is 5.70. The van der Waals surface area contributed by atoms with Crippen LogP contribution in [0.15, 0.2) is 12.1 Å². The Labute approximate surface area is 127 Å². The molecular formula is C17H27N3O. The summed E-state index contributed by atoms with van der Waals surface area (Å²) in [6, 6.07) is 5.18. The van der Waals surface area contributed by atoms with Gasteiger partial charge in [-0.05, 0) is 57.2 Å². The highest BCUT2D eigenvalue weighted by Crippen LogP contribution is 2.28. The molecule has 116 valence electrons. The Hall–Kier alpha value is -1.13. The van der Waals surface area contributed by atoms with E-state index in [2.05, 4.69) is 36.2 Å². The maximum absolute atomic E-state index is 5.70. The summed E-state index contributed by atoms with van der Waals surface area (Å²) < 4.78 is 5.70. The fourth-order valence-corrected chi connectivity index (χ4v) is 3.10. The largest absolute Gasteiger partial charge is 0.377 e. The Kier molecular flexibility index (Phi) is 4.18. The molecule has 1 aliphatic carbocycles. The van der Waals surface area contributed by atoms with Gasteiger partial charge >= 0.3 is 0 Å². The number of rotatable bonds is 5. The third-order valence-corrected chi connectivity index (χ3v) is 4.65. The molecule has 1 aromatic heterocycles. The molecule has 4 nitrogen and oxygen atoms in total. The van der Waals surface area contributed by atoms with Crippen LogP contribution < -0.4 is 10.2 Å². The fraction of sp³-hybridized carbons (Fsp3) is 0.706. The Balaban J connectivity index is 1.73. The molecule has 0 bridgehead atoms. The molecule has 0 radical (unpaired) electrons. The Bertz CT molecular complexity index is 501. The lowest BCUT2D eigenvalue weighted by atomic mass is 9.94. The summed E-state index contributed by atoms with van der Waals surface area (Å²) in [6.07, 6.45) is 4.95. The smallest absolute Gasteiger partial charge is 0.129 e. The normalized spacial score (nSPS) is 26.1. The van der Waals surface area contributed by atoms with Gasteiger partial charge in [0.15, 0.2) is 0 Å². The van der Waals surface area contributed by atoms with E-state index in [4.69, 9.17) is 9.72 Å². The first-order valence-corrected chi connectivity index (χ1v) is 8.09. The number of piperidine rings is 1. The van der Waals surface area contributed by atoms with Gasteiger partial charge in [-0.15, -0.1) is 0 Å². The molecule has 1 saturated heterocycles. The lowest BCUT2D eigenvalue weighted by Gasteiger charge is -2.40. The van der Waals surface area contributed by atoms with Crippen molar-refractivity contribution in [2.75, 3.05) is 25.1 Å². The molecule has 1 aliphatic heterocycles. The summed E-state index contributed by atoms with van der Waals surface area (Å²) in [5, 5.41) is 3.59. The maximum Gasteiger partial charge on any atom is 0.129 e. The first-order chi connectivity index (χ1) is 10.1. The molecule has 1 unspecified atom stereocenters. The third kappa shape index (κ3) is 3.74. The zero-order chi connectivity index (χ0) is 14.9. The van der Waals surface area contributed by atoms with Gasteiger partial charge in [-0.25, -0.2) is 4.98 Å². The van der Waals surface area contributed by atoms with E-state index in [0.29, 0.717) is 0 Å². The summed E-state index contributed by atoms with van der Waals surface area (Å²) in [5.74, 6) is 1.10. The number of aryl methyl sites for hydroxylation is 1. The van der Waals surface area contributed by atoms with E-state index in [1.807, 2.05) is 7.11 Å². The Morgan fingerprint density at radius 2 is 2.24 bits per heavy atom. The van der Waals surface area contributed by atoms with E-state index in [0.717, 1.165) is 50.0 Å². The van der Waals surface area contributed by atoms with Crippen LogP contribution in [0.2, 0.25) is 0 Å². The molecule has 1 saturated carbocycles. The van der Waals surface area contributed by atoms with Crippen molar-refractivity contribution < 1.29 is 4.74 Å². The molecule has 0 amide bonds. The van der Waals surface area contributed by atoms with E-state index in [1.54, 1.807) is 0 Å². The van der Waals surface area contributed by atoms with Gasteiger partial charge in [-0.3, -0.25) is 0 Å². The Morgan fingerprint density at radius 1 is 1.43 bits per heavy atom. The van der Waals surface area contributed by atoms with Crippen molar-refractivity contribution in [3.8, 4) is 0 Å². The SMILES string of the molecule is COC1(C)CCCN(c2cc(CNC3CC3)cc(C)n2)C1. The van der Waals surface area contributed by atoms with Gasteiger partial charge in [0.05, 0.1) is 5.60 Å². The second-order valence-electron chi connectivity index (χ2n) is 6.81. The van der Waals surface area contributed by atoms with Crippen molar-refractivity contribution in [3.63, 3.8) is 0 Å². The molecular weight excluding hydrogens is 262 g/mol. The van der Waals surface area contributed by atoms with E-state index >= 15 is 0 Å². The highest BCUT2D eigenvalue weighted by molar-refractivity contribution is 5.43. The molecule has 2 fully saturated rings. The van der Waals surface area contributed by atoms with Crippen LogP contribution in [0.3, 0.4) is 0 Å². The molecule has 2 heterocycles. The molecule has 0 spiro atoms. The van der Waals surface area contributed by atoms with E-state index < -0.39 is 0 Å². The number of aromatic nitrogens is 1. The molecule has 0 aromatic carbocycles. The van der Waals surface area contributed by atoms with Gasteiger partial charge in [-0.1, -0.05) is 0 Å². The molecule has 4 heteroatoms. The topological polar surface area (TPSA) is 37.4 Å². The average molecular weight is 289 g/mol. The van der Waals surface area contributed by atoms with Gasteiger partial charge in [0.1, 0.15) is 5.82 Å². The fourth-order valence-electron chi connectivity index (χ4n) is 3.10. The molecule has 1 atom stereocenters. The monoisotopic (exact) mass is 289 g/mol. The first kappa shape index (κ1) is 14.8. The number of pyridine rings is 1. The Morgan fingerprint density at radius 3 is 2.95 bits per heavy atom. The molecule has 1 aromatic rings. The number of anilines is 1. The number of nitrogens with one attached hydrogen (secondary N) is 1. The lowest BCUT2D eigenvalue weighted by Crippen LogP contribution is -2.47. The highest BCUT2D eigenvalue weighted by Gasteiger charge is 2.31. The summed E-state index contributed by atoms with van der Waals surface area (Å²) in [4.78, 5) is 7.12. The molecule has 1 N–H and O–H groups in total. The minimum Gasteiger partial charge on any atom is -0.377 e. The van der Waals surface area contributed by atoms with Crippen molar-refractivity contribution in [3.05, 3.63) is 23.4 Å². The minimum atomic E-state index is -0.0455. The van der Waals surface area contributed by atoms with E-state index in [1.165, 1.54) is 18.4 Å². The zero-order valence-electron chi connectivity index (χ0n) is 13.5. The van der Waals surface area contributed by atoms with Gasteiger partial charge in [0, 0.05) is 38.5 Å². The van der Waals surface area contributed by atoms with Crippen molar-refractivity contribution in [1.29, 1.82) is 0 Å². The number of hydrogen-bond donors (Lipinski definition) is 1. The van der Waals surface area contributed by atoms with E-state index in [-0.39, 0.29) is 5.60 Å². The quantitative estimate of drug-likeness (QED) is 0.904. The summed E-state index contributed by atoms with van der Waals surface area (Å²) in [6.45, 7) is 7.24. The van der Waals surface area contributed by atoms with Gasteiger partial charge in [-0.2, -0.15) is 0 Å². The van der Waals surface area contributed by atoms with Crippen LogP contribution in [-0.2, 0) is 11.3 Å². The second kappa shape index (κ2) is 5.93. The highest BCUT2D eigenvalue weighted by atomic mass is 16.5. The summed E-state index contributed by atoms with van der Waals surface area (Å²) >= 11 is 0. The molecule has 21 heavy (non-hydrogen) atoms. The van der Waals surface area contributed by atoms with Gasteiger partial charge in [0.25, 0.3) is 0 Å². The molecule has 3 rings (SSSR count). The van der Waals surface area contributed by atoms with Crippen LogP contribution in [0.4, 0.5) is 5.82 Å². The van der Waals surface area contributed by atoms with E-state index in [9.17, 15) is 0 Å². The van der Waals surface area contributed by atoms with Crippen molar-refractivity contribution in [2.24, 2.45) is 0 Å². The number of nitrogens with zero attached hydrogens (tertiary/aromatic N) is 2. The predicted octanol–water partition coefficient (Wildman–Crippen LogP) is 2.65. The van der Waals surface area contributed by atoms with Crippen LogP contribution in [0, 0.1) is 6.92 Å². The number of ether oxygens (including phenoxy) is 1. The standard InChI is InChI=1S/C17H27N3O/c1-13-9-14(11-18-15-5-6-15)10-16(19-13)20-8-4-7-17(2,12-20)21-3/h9-10,15,18H,4-8,11-12H2,1-3H3. The van der Waals surface area contributed by atoms with Crippen LogP contribution in [0.1, 0.15) is 43.9 Å². The lowest BCUT2D eigenvalue weighted by molar-refractivity contribution is -0.00482.